The van der Waals surface area contributed by atoms with Crippen LogP contribution in [0.4, 0.5) is 18.3 Å². The highest BCUT2D eigenvalue weighted by molar-refractivity contribution is 7.46. The SMILES string of the molecule is COc1ncnc(OC)c1C(=O)N(COP(=O)(O)O)c1nc(-c2ccc(C(F)(F)F)cn2)c(CO)s1. The standard InChI is InChI=1S/C18H17F3N5O8PS/c1-32-14-12(15(33-2)24-7-23-14)16(28)26(8-34-35(29,30)31)17-25-13(11(6-27)36-17)10-4-3-9(5-22-10)18(19,20)21/h3-5,7,27H,6,8H2,1-2H3,(H2,29,30,31). The fourth-order valence-corrected chi connectivity index (χ4v) is 3.96. The summed E-state index contributed by atoms with van der Waals surface area (Å²) in [5.41, 5.74) is -1.48. The number of methoxy groups -OCH3 is 2. The van der Waals surface area contributed by atoms with Crippen LogP contribution in [-0.2, 0) is 21.9 Å². The predicted octanol–water partition coefficient (Wildman–Crippen LogP) is 2.24. The maximum atomic E-state index is 13.4. The van der Waals surface area contributed by atoms with Crippen LogP contribution < -0.4 is 14.4 Å². The molecule has 0 fully saturated rings. The number of thiazole rings is 1. The van der Waals surface area contributed by atoms with Crippen molar-refractivity contribution in [3.05, 3.63) is 40.7 Å². The average molecular weight is 551 g/mol. The molecule has 36 heavy (non-hydrogen) atoms. The highest BCUT2D eigenvalue weighted by Crippen LogP contribution is 2.39. The van der Waals surface area contributed by atoms with Crippen LogP contribution in [0.25, 0.3) is 11.4 Å². The third-order valence-corrected chi connectivity index (χ3v) is 5.89. The Morgan fingerprint density at radius 1 is 1.14 bits per heavy atom. The molecule has 0 aliphatic heterocycles. The molecule has 0 aromatic carbocycles. The summed E-state index contributed by atoms with van der Waals surface area (Å²) in [6, 6.07) is 1.79. The lowest BCUT2D eigenvalue weighted by Crippen LogP contribution is -2.33. The third kappa shape index (κ3) is 6.13. The topological polar surface area (TPSA) is 177 Å². The molecule has 194 valence electrons. The fourth-order valence-electron chi connectivity index (χ4n) is 2.78. The minimum Gasteiger partial charge on any atom is -0.480 e. The van der Waals surface area contributed by atoms with Gasteiger partial charge >= 0.3 is 14.0 Å². The van der Waals surface area contributed by atoms with Crippen molar-refractivity contribution in [2.75, 3.05) is 25.9 Å². The van der Waals surface area contributed by atoms with E-state index in [4.69, 9.17) is 19.3 Å². The molecule has 3 heterocycles. The molecule has 3 aromatic heterocycles. The number of ether oxygens (including phenoxy) is 2. The quantitative estimate of drug-likeness (QED) is 0.261. The number of pyridine rings is 1. The molecule has 18 heteroatoms. The number of anilines is 1. The Labute approximate surface area is 204 Å². The third-order valence-electron chi connectivity index (χ3n) is 4.37. The van der Waals surface area contributed by atoms with Crippen LogP contribution in [0, 0.1) is 0 Å². The molecule has 0 saturated carbocycles. The van der Waals surface area contributed by atoms with Crippen molar-refractivity contribution in [3.63, 3.8) is 0 Å². The molecule has 0 atom stereocenters. The van der Waals surface area contributed by atoms with Gasteiger partial charge in [-0.3, -0.25) is 19.2 Å². The number of aliphatic hydroxyl groups excluding tert-OH is 1. The molecule has 1 amide bonds. The number of carbonyl (C=O) groups is 1. The number of phosphoric ester groups is 1. The van der Waals surface area contributed by atoms with E-state index in [0.29, 0.717) is 22.4 Å². The van der Waals surface area contributed by atoms with Crippen molar-refractivity contribution in [1.29, 1.82) is 0 Å². The summed E-state index contributed by atoms with van der Waals surface area (Å²) in [6.45, 7) is -1.67. The zero-order chi connectivity index (χ0) is 26.7. The Morgan fingerprint density at radius 3 is 2.25 bits per heavy atom. The second-order valence-electron chi connectivity index (χ2n) is 6.61. The molecule has 13 nitrogen and oxygen atoms in total. The van der Waals surface area contributed by atoms with Gasteiger partial charge in [0.25, 0.3) is 5.91 Å². The van der Waals surface area contributed by atoms with Crippen molar-refractivity contribution in [1.82, 2.24) is 19.9 Å². The van der Waals surface area contributed by atoms with E-state index in [1.54, 1.807) is 0 Å². The summed E-state index contributed by atoms with van der Waals surface area (Å²) < 4.78 is 64.6. The number of aromatic nitrogens is 4. The lowest BCUT2D eigenvalue weighted by atomic mass is 10.2. The summed E-state index contributed by atoms with van der Waals surface area (Å²) in [4.78, 5) is 48.1. The van der Waals surface area contributed by atoms with E-state index in [-0.39, 0.29) is 38.7 Å². The van der Waals surface area contributed by atoms with Crippen molar-refractivity contribution in [2.24, 2.45) is 0 Å². The van der Waals surface area contributed by atoms with Crippen molar-refractivity contribution in [3.8, 4) is 23.1 Å². The number of aliphatic hydroxyl groups is 1. The Hall–Kier alpha value is -3.21. The summed E-state index contributed by atoms with van der Waals surface area (Å²) in [6.07, 6.45) is -3.00. The van der Waals surface area contributed by atoms with Crippen LogP contribution in [0.1, 0.15) is 20.8 Å². The van der Waals surface area contributed by atoms with Gasteiger partial charge in [0.2, 0.25) is 11.8 Å². The van der Waals surface area contributed by atoms with E-state index in [1.807, 2.05) is 0 Å². The van der Waals surface area contributed by atoms with E-state index in [2.05, 4.69) is 24.5 Å². The van der Waals surface area contributed by atoms with E-state index in [9.17, 15) is 27.6 Å². The molecule has 0 spiro atoms. The first-order valence-corrected chi connectivity index (χ1v) is 11.8. The Morgan fingerprint density at radius 2 is 1.78 bits per heavy atom. The molecular weight excluding hydrogens is 534 g/mol. The van der Waals surface area contributed by atoms with E-state index < -0.39 is 38.8 Å². The van der Waals surface area contributed by atoms with E-state index in [1.165, 1.54) is 14.2 Å². The molecule has 0 aliphatic rings. The Kier molecular flexibility index (Phi) is 8.22. The molecule has 0 saturated heterocycles. The van der Waals surface area contributed by atoms with Gasteiger partial charge in [0.05, 0.1) is 37.0 Å². The number of rotatable bonds is 9. The maximum absolute atomic E-state index is 13.4. The summed E-state index contributed by atoms with van der Waals surface area (Å²) in [5.74, 6) is -1.49. The molecule has 0 unspecified atom stereocenters. The number of hydrogen-bond donors (Lipinski definition) is 3. The van der Waals surface area contributed by atoms with E-state index >= 15 is 0 Å². The maximum Gasteiger partial charge on any atom is 0.471 e. The number of phosphoric acid groups is 1. The molecule has 3 N–H and O–H groups in total. The largest absolute Gasteiger partial charge is 0.480 e. The lowest BCUT2D eigenvalue weighted by Gasteiger charge is -2.21. The van der Waals surface area contributed by atoms with Crippen LogP contribution in [0.3, 0.4) is 0 Å². The Balaban J connectivity index is 2.10. The molecule has 3 rings (SSSR count). The Bertz CT molecular complexity index is 1260. The summed E-state index contributed by atoms with van der Waals surface area (Å²) in [7, 11) is -2.67. The zero-order valence-electron chi connectivity index (χ0n) is 18.3. The molecule has 0 bridgehead atoms. The van der Waals surface area contributed by atoms with Crippen LogP contribution >= 0.6 is 19.2 Å². The van der Waals surface area contributed by atoms with Gasteiger partial charge in [-0.25, -0.2) is 19.5 Å². The van der Waals surface area contributed by atoms with Crippen molar-refractivity contribution in [2.45, 2.75) is 12.8 Å². The van der Waals surface area contributed by atoms with Gasteiger partial charge in [0.1, 0.15) is 18.8 Å². The van der Waals surface area contributed by atoms with Crippen molar-refractivity contribution < 1.29 is 51.4 Å². The number of amides is 1. The fraction of sp³-hybridized carbons (Fsp3) is 0.278. The predicted molar refractivity (Wildman–Crippen MR) is 116 cm³/mol. The van der Waals surface area contributed by atoms with Crippen LogP contribution in [-0.4, -0.2) is 61.7 Å². The van der Waals surface area contributed by atoms with Gasteiger partial charge in [0, 0.05) is 6.20 Å². The molecule has 0 aliphatic carbocycles. The van der Waals surface area contributed by atoms with Crippen LogP contribution in [0.15, 0.2) is 24.7 Å². The minimum absolute atomic E-state index is 0.0592. The molecule has 3 aromatic rings. The number of carbonyl (C=O) groups excluding carboxylic acids is 1. The van der Waals surface area contributed by atoms with Gasteiger partial charge in [-0.1, -0.05) is 11.3 Å². The van der Waals surface area contributed by atoms with Gasteiger partial charge < -0.3 is 24.4 Å². The second kappa shape index (κ2) is 10.8. The van der Waals surface area contributed by atoms with Gasteiger partial charge in [-0.05, 0) is 12.1 Å². The number of nitrogens with zero attached hydrogens (tertiary/aromatic N) is 5. The number of alkyl halides is 3. The van der Waals surface area contributed by atoms with E-state index in [0.717, 1.165) is 18.5 Å². The lowest BCUT2D eigenvalue weighted by molar-refractivity contribution is -0.137. The monoisotopic (exact) mass is 551 g/mol. The first-order valence-electron chi connectivity index (χ1n) is 9.48. The first-order chi connectivity index (χ1) is 16.9. The highest BCUT2D eigenvalue weighted by atomic mass is 32.1. The van der Waals surface area contributed by atoms with Crippen LogP contribution in [0.5, 0.6) is 11.8 Å². The average Bonchev–Trinajstić information content (AvgIpc) is 3.26. The van der Waals surface area contributed by atoms with Crippen molar-refractivity contribution >= 4 is 30.2 Å². The van der Waals surface area contributed by atoms with Gasteiger partial charge in [0.15, 0.2) is 10.7 Å². The first kappa shape index (κ1) is 27.4. The normalized spacial score (nSPS) is 11.9. The summed E-state index contributed by atoms with van der Waals surface area (Å²) >= 11 is 0.699. The second-order valence-corrected chi connectivity index (χ2v) is 8.91. The van der Waals surface area contributed by atoms with Gasteiger partial charge in [-0.15, -0.1) is 0 Å². The number of halogens is 3. The zero-order valence-corrected chi connectivity index (χ0v) is 20.0. The van der Waals surface area contributed by atoms with Crippen LogP contribution in [0.2, 0.25) is 0 Å². The smallest absolute Gasteiger partial charge is 0.471 e. The van der Waals surface area contributed by atoms with Gasteiger partial charge in [-0.2, -0.15) is 13.2 Å². The minimum atomic E-state index is -5.08. The molecule has 0 radical (unpaired) electrons. The summed E-state index contributed by atoms with van der Waals surface area (Å²) in [5, 5.41) is 9.53. The number of hydrogen-bond acceptors (Lipinski definition) is 11. The molecular formula is C18H17F3N5O8PS. The highest BCUT2D eigenvalue weighted by Gasteiger charge is 2.33.